The molecule has 4 N–H and O–H groups in total. The van der Waals surface area contributed by atoms with Crippen LogP contribution in [0.2, 0.25) is 0 Å². The maximum Gasteiger partial charge on any atom is 0.211 e. The van der Waals surface area contributed by atoms with Crippen molar-refractivity contribution in [1.29, 1.82) is 0 Å². The molecule has 16 heavy (non-hydrogen) atoms. The normalized spacial score (nSPS) is 13.8. The molecule has 0 aromatic heterocycles. The molecule has 2 rings (SSSR count). The van der Waals surface area contributed by atoms with E-state index in [0.29, 0.717) is 19.0 Å². The number of nitrogens with two attached hydrogens (primary N) is 2. The van der Waals surface area contributed by atoms with Crippen LogP contribution in [0.25, 0.3) is 0 Å². The van der Waals surface area contributed by atoms with Crippen LogP contribution in [0.3, 0.4) is 0 Å². The van der Waals surface area contributed by atoms with Crippen molar-refractivity contribution in [2.45, 2.75) is 0 Å². The highest BCUT2D eigenvalue weighted by Crippen LogP contribution is 2.30. The standard InChI is InChI=1S/C10H12N4O2/c11-10(12)14-13-6-7-1-2-8-9(5-7)16-4-3-15-8/h1-2,5-6H,3-4H2,(H4,11,12,14). The first-order chi connectivity index (χ1) is 7.75. The highest BCUT2D eigenvalue weighted by atomic mass is 16.6. The third-order valence-electron chi connectivity index (χ3n) is 1.95. The molecule has 0 saturated carbocycles. The zero-order valence-corrected chi connectivity index (χ0v) is 8.59. The Morgan fingerprint density at radius 3 is 2.69 bits per heavy atom. The summed E-state index contributed by atoms with van der Waals surface area (Å²) in [6.45, 7) is 1.13. The number of guanidine groups is 1. The summed E-state index contributed by atoms with van der Waals surface area (Å²) in [5.41, 5.74) is 11.1. The topological polar surface area (TPSA) is 95.2 Å². The second-order valence-corrected chi connectivity index (χ2v) is 3.17. The van der Waals surface area contributed by atoms with Crippen LogP contribution in [0, 0.1) is 0 Å². The van der Waals surface area contributed by atoms with E-state index in [1.807, 2.05) is 18.2 Å². The predicted molar refractivity (Wildman–Crippen MR) is 60.8 cm³/mol. The third-order valence-corrected chi connectivity index (χ3v) is 1.95. The number of nitrogens with zero attached hydrogens (tertiary/aromatic N) is 2. The van der Waals surface area contributed by atoms with Crippen LogP contribution in [-0.4, -0.2) is 25.4 Å². The first-order valence-corrected chi connectivity index (χ1v) is 4.77. The second-order valence-electron chi connectivity index (χ2n) is 3.17. The molecule has 0 bridgehead atoms. The Bertz CT molecular complexity index is 438. The Labute approximate surface area is 92.6 Å². The van der Waals surface area contributed by atoms with Gasteiger partial charge in [0, 0.05) is 0 Å². The smallest absolute Gasteiger partial charge is 0.211 e. The lowest BCUT2D eigenvalue weighted by Gasteiger charge is -2.18. The van der Waals surface area contributed by atoms with E-state index in [0.717, 1.165) is 11.3 Å². The van der Waals surface area contributed by atoms with Gasteiger partial charge in [0.25, 0.3) is 0 Å². The fourth-order valence-electron chi connectivity index (χ4n) is 1.30. The number of hydrogen-bond acceptors (Lipinski definition) is 4. The fraction of sp³-hybridized carbons (Fsp3) is 0.200. The molecule has 0 radical (unpaired) electrons. The van der Waals surface area contributed by atoms with Crippen LogP contribution in [0.1, 0.15) is 5.56 Å². The predicted octanol–water partition coefficient (Wildman–Crippen LogP) is 0.0651. The third kappa shape index (κ3) is 2.41. The Morgan fingerprint density at radius 2 is 1.94 bits per heavy atom. The first kappa shape index (κ1) is 10.3. The Balaban J connectivity index is 2.17. The van der Waals surface area contributed by atoms with Crippen LogP contribution in [0.5, 0.6) is 11.5 Å². The lowest BCUT2D eigenvalue weighted by atomic mass is 10.2. The Morgan fingerprint density at radius 1 is 1.19 bits per heavy atom. The van der Waals surface area contributed by atoms with Gasteiger partial charge in [0.05, 0.1) is 6.21 Å². The van der Waals surface area contributed by atoms with Crippen LogP contribution in [0.4, 0.5) is 0 Å². The number of rotatable bonds is 2. The summed E-state index contributed by atoms with van der Waals surface area (Å²) in [6.07, 6.45) is 1.54. The second kappa shape index (κ2) is 4.52. The van der Waals surface area contributed by atoms with E-state index in [-0.39, 0.29) is 5.96 Å². The van der Waals surface area contributed by atoms with Gasteiger partial charge >= 0.3 is 0 Å². The van der Waals surface area contributed by atoms with Gasteiger partial charge in [0.2, 0.25) is 5.96 Å². The van der Waals surface area contributed by atoms with E-state index in [1.165, 1.54) is 6.21 Å². The van der Waals surface area contributed by atoms with Crippen molar-refractivity contribution in [3.8, 4) is 11.5 Å². The molecule has 0 aliphatic carbocycles. The van der Waals surface area contributed by atoms with E-state index in [9.17, 15) is 0 Å². The summed E-state index contributed by atoms with van der Waals surface area (Å²) < 4.78 is 10.8. The molecule has 1 aromatic carbocycles. The molecule has 1 aliphatic rings. The van der Waals surface area contributed by atoms with E-state index in [4.69, 9.17) is 20.9 Å². The minimum atomic E-state index is -0.0752. The lowest BCUT2D eigenvalue weighted by Crippen LogP contribution is -2.21. The van der Waals surface area contributed by atoms with Crippen molar-refractivity contribution < 1.29 is 9.47 Å². The van der Waals surface area contributed by atoms with E-state index in [2.05, 4.69) is 10.2 Å². The van der Waals surface area contributed by atoms with Gasteiger partial charge in [-0.25, -0.2) is 0 Å². The van der Waals surface area contributed by atoms with E-state index < -0.39 is 0 Å². The van der Waals surface area contributed by atoms with Gasteiger partial charge in [-0.3, -0.25) is 0 Å². The summed E-state index contributed by atoms with van der Waals surface area (Å²) >= 11 is 0. The number of benzene rings is 1. The highest BCUT2D eigenvalue weighted by molar-refractivity contribution is 5.82. The number of hydrogen-bond donors (Lipinski definition) is 2. The molecule has 6 nitrogen and oxygen atoms in total. The summed E-state index contributed by atoms with van der Waals surface area (Å²) in [5.74, 6) is 1.37. The summed E-state index contributed by atoms with van der Waals surface area (Å²) in [6, 6.07) is 5.49. The van der Waals surface area contributed by atoms with Crippen molar-refractivity contribution in [3.05, 3.63) is 23.8 Å². The van der Waals surface area contributed by atoms with Crippen molar-refractivity contribution >= 4 is 12.2 Å². The molecular weight excluding hydrogens is 208 g/mol. The van der Waals surface area contributed by atoms with Gasteiger partial charge in [-0.2, -0.15) is 5.10 Å². The number of ether oxygens (including phenoxy) is 2. The van der Waals surface area contributed by atoms with Crippen molar-refractivity contribution in [3.63, 3.8) is 0 Å². The molecule has 6 heteroatoms. The molecule has 0 atom stereocenters. The SMILES string of the molecule is NC(N)=NN=Cc1ccc2c(c1)OCCO2. The van der Waals surface area contributed by atoms with Crippen LogP contribution >= 0.6 is 0 Å². The maximum absolute atomic E-state index is 5.42. The maximum atomic E-state index is 5.42. The molecule has 0 unspecified atom stereocenters. The minimum absolute atomic E-state index is 0.0752. The van der Waals surface area contributed by atoms with Crippen molar-refractivity contribution in [2.75, 3.05) is 13.2 Å². The fourth-order valence-corrected chi connectivity index (χ4v) is 1.30. The van der Waals surface area contributed by atoms with Gasteiger partial charge in [0.15, 0.2) is 11.5 Å². The molecule has 84 valence electrons. The van der Waals surface area contributed by atoms with E-state index in [1.54, 1.807) is 0 Å². The molecule has 0 amide bonds. The zero-order valence-electron chi connectivity index (χ0n) is 8.59. The van der Waals surface area contributed by atoms with Gasteiger partial charge in [0.1, 0.15) is 13.2 Å². The van der Waals surface area contributed by atoms with Crippen molar-refractivity contribution in [1.82, 2.24) is 0 Å². The van der Waals surface area contributed by atoms with Crippen LogP contribution in [-0.2, 0) is 0 Å². The monoisotopic (exact) mass is 220 g/mol. The van der Waals surface area contributed by atoms with Gasteiger partial charge in [-0.15, -0.1) is 5.10 Å². The summed E-state index contributed by atoms with van der Waals surface area (Å²) in [5, 5.41) is 7.21. The Kier molecular flexibility index (Phi) is 2.90. The molecule has 1 heterocycles. The average molecular weight is 220 g/mol. The molecular formula is C10H12N4O2. The number of fused-ring (bicyclic) bond motifs is 1. The van der Waals surface area contributed by atoms with Crippen LogP contribution < -0.4 is 20.9 Å². The lowest BCUT2D eigenvalue weighted by molar-refractivity contribution is 0.171. The molecule has 0 saturated heterocycles. The highest BCUT2D eigenvalue weighted by Gasteiger charge is 2.10. The quantitative estimate of drug-likeness (QED) is 0.418. The van der Waals surface area contributed by atoms with Gasteiger partial charge in [-0.1, -0.05) is 0 Å². The van der Waals surface area contributed by atoms with Crippen molar-refractivity contribution in [2.24, 2.45) is 21.7 Å². The molecule has 1 aromatic rings. The largest absolute Gasteiger partial charge is 0.486 e. The van der Waals surface area contributed by atoms with E-state index >= 15 is 0 Å². The van der Waals surface area contributed by atoms with Gasteiger partial charge in [-0.05, 0) is 23.8 Å². The van der Waals surface area contributed by atoms with Crippen LogP contribution in [0.15, 0.2) is 28.4 Å². The average Bonchev–Trinajstić information content (AvgIpc) is 2.28. The summed E-state index contributed by atoms with van der Waals surface area (Å²) in [4.78, 5) is 0. The van der Waals surface area contributed by atoms with Gasteiger partial charge < -0.3 is 20.9 Å². The first-order valence-electron chi connectivity index (χ1n) is 4.77. The summed E-state index contributed by atoms with van der Waals surface area (Å²) in [7, 11) is 0. The molecule has 0 spiro atoms. The molecule has 1 aliphatic heterocycles. The Hall–Kier alpha value is -2.24. The minimum Gasteiger partial charge on any atom is -0.486 e. The zero-order chi connectivity index (χ0) is 11.4. The molecule has 0 fully saturated rings.